The topological polar surface area (TPSA) is 34.1 Å². The standard InChI is InChI=1S/C4H8GeO2/c1-3(6)5-4(2)7/h5H2,1-2H3. The van der Waals surface area contributed by atoms with Gasteiger partial charge in [0.25, 0.3) is 0 Å². The van der Waals surface area contributed by atoms with Crippen LogP contribution in [0.2, 0.25) is 0 Å². The van der Waals surface area contributed by atoms with Crippen LogP contribution in [-0.2, 0) is 9.59 Å². The molecule has 0 radical (unpaired) electrons. The van der Waals surface area contributed by atoms with Crippen molar-refractivity contribution in [3.05, 3.63) is 0 Å². The summed E-state index contributed by atoms with van der Waals surface area (Å²) in [6, 6.07) is 0. The van der Waals surface area contributed by atoms with Gasteiger partial charge in [0.1, 0.15) is 0 Å². The van der Waals surface area contributed by atoms with Crippen LogP contribution in [0.4, 0.5) is 0 Å². The second-order valence-corrected chi connectivity index (χ2v) is 6.50. The Balaban J connectivity index is 3.32. The van der Waals surface area contributed by atoms with Crippen LogP contribution in [0.1, 0.15) is 13.8 Å². The van der Waals surface area contributed by atoms with Crippen molar-refractivity contribution in [3.63, 3.8) is 0 Å². The van der Waals surface area contributed by atoms with Gasteiger partial charge in [-0.05, 0) is 0 Å². The molecule has 7 heavy (non-hydrogen) atoms. The Bertz CT molecular complexity index is 85.9. The van der Waals surface area contributed by atoms with E-state index in [0.29, 0.717) is 0 Å². The van der Waals surface area contributed by atoms with Crippen LogP contribution in [0.25, 0.3) is 0 Å². The third-order valence-corrected chi connectivity index (χ3v) is 2.59. The van der Waals surface area contributed by atoms with E-state index in [1.165, 1.54) is 13.8 Å². The molecule has 0 fully saturated rings. The Labute approximate surface area is 48.8 Å². The first-order valence-electron chi connectivity index (χ1n) is 2.12. The monoisotopic (exact) mass is 162 g/mol. The van der Waals surface area contributed by atoms with Crippen molar-refractivity contribution in [2.75, 3.05) is 0 Å². The Morgan fingerprint density at radius 2 is 1.43 bits per heavy atom. The molecule has 0 bridgehead atoms. The molecule has 0 saturated carbocycles. The third kappa shape index (κ3) is 5.88. The maximum atomic E-state index is 10.1. The van der Waals surface area contributed by atoms with Gasteiger partial charge in [0.2, 0.25) is 0 Å². The van der Waals surface area contributed by atoms with Gasteiger partial charge in [-0.25, -0.2) is 0 Å². The van der Waals surface area contributed by atoms with Crippen molar-refractivity contribution in [3.8, 4) is 0 Å². The average Bonchev–Trinajstić information content (AvgIpc) is 1.27. The van der Waals surface area contributed by atoms with Crippen LogP contribution < -0.4 is 0 Å². The summed E-state index contributed by atoms with van der Waals surface area (Å²) in [5.41, 5.74) is 0. The molecule has 0 rings (SSSR count). The van der Waals surface area contributed by atoms with Crippen molar-refractivity contribution in [2.45, 2.75) is 13.8 Å². The first kappa shape index (κ1) is 6.88. The number of hydrogen-bond donors (Lipinski definition) is 0. The molecule has 0 aromatic carbocycles. The van der Waals surface area contributed by atoms with Crippen molar-refractivity contribution in [1.82, 2.24) is 0 Å². The molecule has 40 valence electrons. The molecule has 3 heteroatoms. The fourth-order valence-corrected chi connectivity index (χ4v) is 1.82. The van der Waals surface area contributed by atoms with Crippen LogP contribution in [0.15, 0.2) is 0 Å². The predicted molar refractivity (Wildman–Crippen MR) is 29.9 cm³/mol. The second kappa shape index (κ2) is 2.96. The van der Waals surface area contributed by atoms with Gasteiger partial charge in [-0.3, -0.25) is 0 Å². The van der Waals surface area contributed by atoms with Crippen molar-refractivity contribution >= 4 is 24.7 Å². The molecule has 0 spiro atoms. The quantitative estimate of drug-likeness (QED) is 0.499. The Kier molecular flexibility index (Phi) is 2.91. The molecular formula is C4H8GeO2. The molecule has 0 aliphatic rings. The molecular weight excluding hydrogens is 153 g/mol. The molecule has 0 N–H and O–H groups in total. The maximum absolute atomic E-state index is 10.1. The molecule has 0 aromatic rings. The van der Waals surface area contributed by atoms with Crippen LogP contribution in [0.3, 0.4) is 0 Å². The zero-order valence-electron chi connectivity index (χ0n) is 4.52. The van der Waals surface area contributed by atoms with Gasteiger partial charge in [-0.2, -0.15) is 0 Å². The van der Waals surface area contributed by atoms with E-state index in [1.807, 2.05) is 0 Å². The van der Waals surface area contributed by atoms with Crippen LogP contribution in [0, 0.1) is 0 Å². The van der Waals surface area contributed by atoms with E-state index in [1.54, 1.807) is 0 Å². The SMILES string of the molecule is C[C](=O)[GeH2][C](C)=O. The molecule has 0 aliphatic heterocycles. The summed E-state index contributed by atoms with van der Waals surface area (Å²) in [4.78, 5) is 20.2. The fourth-order valence-electron chi connectivity index (χ4n) is 0.351. The minimum atomic E-state index is -1.38. The van der Waals surface area contributed by atoms with Gasteiger partial charge in [0.15, 0.2) is 0 Å². The van der Waals surface area contributed by atoms with Crippen molar-refractivity contribution in [1.29, 1.82) is 0 Å². The summed E-state index contributed by atoms with van der Waals surface area (Å²) in [5, 5.41) is 0. The summed E-state index contributed by atoms with van der Waals surface area (Å²) >= 11 is -1.38. The van der Waals surface area contributed by atoms with Gasteiger partial charge < -0.3 is 0 Å². The molecule has 2 nitrogen and oxygen atoms in total. The second-order valence-electron chi connectivity index (χ2n) is 1.58. The van der Waals surface area contributed by atoms with Gasteiger partial charge in [0.05, 0.1) is 0 Å². The summed E-state index contributed by atoms with van der Waals surface area (Å²) in [6.07, 6.45) is 0. The molecule has 0 aliphatic carbocycles. The Hall–Kier alpha value is -0.117. The summed E-state index contributed by atoms with van der Waals surface area (Å²) in [7, 11) is 0. The van der Waals surface area contributed by atoms with Gasteiger partial charge >= 0.3 is 48.1 Å². The number of carbonyl (C=O) groups is 2. The van der Waals surface area contributed by atoms with E-state index < -0.39 is 15.4 Å². The van der Waals surface area contributed by atoms with Crippen LogP contribution >= 0.6 is 0 Å². The predicted octanol–water partition coefficient (Wildman–Crippen LogP) is -0.752. The van der Waals surface area contributed by atoms with Crippen LogP contribution in [-0.4, -0.2) is 24.7 Å². The Morgan fingerprint density at radius 3 is 1.43 bits per heavy atom. The first-order chi connectivity index (χ1) is 3.13. The summed E-state index contributed by atoms with van der Waals surface area (Å²) in [5.74, 6) is 0. The molecule has 0 unspecified atom stereocenters. The summed E-state index contributed by atoms with van der Waals surface area (Å²) in [6.45, 7) is 2.97. The zero-order valence-corrected chi connectivity index (χ0v) is 7.49. The molecule has 0 saturated heterocycles. The number of rotatable bonds is 2. The van der Waals surface area contributed by atoms with Gasteiger partial charge in [-0.1, -0.05) is 0 Å². The van der Waals surface area contributed by atoms with E-state index in [4.69, 9.17) is 0 Å². The van der Waals surface area contributed by atoms with Crippen molar-refractivity contribution < 1.29 is 9.59 Å². The van der Waals surface area contributed by atoms with E-state index in [0.717, 1.165) is 0 Å². The van der Waals surface area contributed by atoms with Crippen molar-refractivity contribution in [2.24, 2.45) is 0 Å². The first-order valence-corrected chi connectivity index (χ1v) is 5.08. The summed E-state index contributed by atoms with van der Waals surface area (Å²) < 4.78 is 0.250. The number of hydrogen-bond acceptors (Lipinski definition) is 2. The van der Waals surface area contributed by atoms with Gasteiger partial charge in [-0.15, -0.1) is 0 Å². The molecule has 0 heterocycles. The molecule has 0 atom stereocenters. The van der Waals surface area contributed by atoms with E-state index >= 15 is 0 Å². The normalized spacial score (nSPS) is 8.29. The Morgan fingerprint density at radius 1 is 1.14 bits per heavy atom. The zero-order chi connectivity index (χ0) is 5.86. The fraction of sp³-hybridized carbons (Fsp3) is 0.500. The molecule has 0 aromatic heterocycles. The van der Waals surface area contributed by atoms with Gasteiger partial charge in [0, 0.05) is 0 Å². The van der Waals surface area contributed by atoms with E-state index in [2.05, 4.69) is 0 Å². The minimum absolute atomic E-state index is 0.125. The average molecular weight is 161 g/mol. The van der Waals surface area contributed by atoms with E-state index in [9.17, 15) is 9.59 Å². The molecule has 0 amide bonds. The van der Waals surface area contributed by atoms with E-state index in [-0.39, 0.29) is 9.23 Å². The third-order valence-electron chi connectivity index (χ3n) is 0.498. The number of carbonyl (C=O) groups excluding carboxylic acids is 2. The van der Waals surface area contributed by atoms with Crippen LogP contribution in [0.5, 0.6) is 0 Å².